The summed E-state index contributed by atoms with van der Waals surface area (Å²) in [4.78, 5) is 26.2. The van der Waals surface area contributed by atoms with E-state index in [0.29, 0.717) is 4.91 Å². The maximum atomic E-state index is 12.5. The smallest absolute Gasteiger partial charge is 0.293 e. The van der Waals surface area contributed by atoms with E-state index in [-0.39, 0.29) is 17.7 Å². The average molecular weight is 374 g/mol. The number of carbonyl (C=O) groups is 2. The molecule has 0 aliphatic carbocycles. The van der Waals surface area contributed by atoms with Crippen molar-refractivity contribution in [3.8, 4) is 0 Å². The van der Waals surface area contributed by atoms with Crippen LogP contribution in [0.3, 0.4) is 0 Å². The molecule has 5 heteroatoms. The van der Waals surface area contributed by atoms with Gasteiger partial charge < -0.3 is 4.57 Å². The monoisotopic (exact) mass is 374 g/mol. The third-order valence-electron chi connectivity index (χ3n) is 4.49. The van der Waals surface area contributed by atoms with Gasteiger partial charge in [-0.15, -0.1) is 6.58 Å². The molecule has 0 atom stereocenters. The van der Waals surface area contributed by atoms with Gasteiger partial charge in [-0.05, 0) is 29.5 Å². The first-order valence-corrected chi connectivity index (χ1v) is 9.47. The highest BCUT2D eigenvalue weighted by Crippen LogP contribution is 2.34. The number of rotatable bonds is 5. The largest absolute Gasteiger partial charge is 0.342 e. The van der Waals surface area contributed by atoms with Gasteiger partial charge in [-0.2, -0.15) is 0 Å². The van der Waals surface area contributed by atoms with E-state index in [0.717, 1.165) is 34.8 Å². The lowest BCUT2D eigenvalue weighted by molar-refractivity contribution is -0.122. The molecule has 1 aliphatic heterocycles. The number of benzene rings is 2. The number of fused-ring (bicyclic) bond motifs is 1. The molecular weight excluding hydrogens is 356 g/mol. The van der Waals surface area contributed by atoms with Gasteiger partial charge >= 0.3 is 0 Å². The van der Waals surface area contributed by atoms with Crippen LogP contribution >= 0.6 is 11.8 Å². The van der Waals surface area contributed by atoms with Crippen molar-refractivity contribution in [3.05, 3.63) is 89.5 Å². The molecule has 1 aliphatic rings. The summed E-state index contributed by atoms with van der Waals surface area (Å²) in [6.07, 6.45) is 5.42. The molecule has 0 radical (unpaired) electrons. The zero-order valence-electron chi connectivity index (χ0n) is 14.7. The van der Waals surface area contributed by atoms with Crippen LogP contribution in [0, 0.1) is 0 Å². The Morgan fingerprint density at radius 1 is 1.00 bits per heavy atom. The lowest BCUT2D eigenvalue weighted by atomic mass is 10.1. The minimum atomic E-state index is -0.259. The maximum Gasteiger partial charge on any atom is 0.293 e. The van der Waals surface area contributed by atoms with E-state index in [1.54, 1.807) is 6.08 Å². The number of para-hydroxylation sites is 1. The van der Waals surface area contributed by atoms with E-state index in [9.17, 15) is 9.59 Å². The SMILES string of the molecule is C=CCN1C(=O)S/C(=C/c2cn(Cc3ccccc3)c3ccccc23)C1=O. The Morgan fingerprint density at radius 2 is 1.74 bits per heavy atom. The summed E-state index contributed by atoms with van der Waals surface area (Å²) >= 11 is 0.980. The van der Waals surface area contributed by atoms with E-state index in [2.05, 4.69) is 29.3 Å². The molecule has 1 aromatic heterocycles. The zero-order chi connectivity index (χ0) is 18.8. The second-order valence-electron chi connectivity index (χ2n) is 6.30. The summed E-state index contributed by atoms with van der Waals surface area (Å²) in [5, 5.41) is 0.808. The van der Waals surface area contributed by atoms with Crippen LogP contribution in [-0.2, 0) is 11.3 Å². The number of hydrogen-bond donors (Lipinski definition) is 0. The minimum Gasteiger partial charge on any atom is -0.342 e. The van der Waals surface area contributed by atoms with Gasteiger partial charge in [-0.1, -0.05) is 54.6 Å². The summed E-state index contributed by atoms with van der Waals surface area (Å²) in [5.74, 6) is -0.259. The van der Waals surface area contributed by atoms with E-state index in [1.807, 2.05) is 48.7 Å². The molecule has 2 amide bonds. The summed E-state index contributed by atoms with van der Waals surface area (Å²) in [6, 6.07) is 18.3. The summed E-state index contributed by atoms with van der Waals surface area (Å²) in [7, 11) is 0. The first-order chi connectivity index (χ1) is 13.2. The van der Waals surface area contributed by atoms with Crippen molar-refractivity contribution < 1.29 is 9.59 Å². The highest BCUT2D eigenvalue weighted by molar-refractivity contribution is 8.18. The second kappa shape index (κ2) is 7.29. The van der Waals surface area contributed by atoms with Crippen molar-refractivity contribution in [2.24, 2.45) is 0 Å². The number of imide groups is 1. The third-order valence-corrected chi connectivity index (χ3v) is 5.39. The van der Waals surface area contributed by atoms with Gasteiger partial charge in [0.2, 0.25) is 0 Å². The Balaban J connectivity index is 1.74. The fraction of sp³-hybridized carbons (Fsp3) is 0.0909. The minimum absolute atomic E-state index is 0.234. The predicted molar refractivity (Wildman–Crippen MR) is 110 cm³/mol. The van der Waals surface area contributed by atoms with Gasteiger partial charge in [0.1, 0.15) is 0 Å². The normalized spacial score (nSPS) is 15.9. The summed E-state index contributed by atoms with van der Waals surface area (Å²) < 4.78 is 2.17. The van der Waals surface area contributed by atoms with Gasteiger partial charge in [0, 0.05) is 35.8 Å². The molecule has 1 saturated heterocycles. The van der Waals surface area contributed by atoms with E-state index in [1.165, 1.54) is 10.5 Å². The van der Waals surface area contributed by atoms with Crippen molar-refractivity contribution in [1.82, 2.24) is 9.47 Å². The molecule has 27 heavy (non-hydrogen) atoms. The van der Waals surface area contributed by atoms with Crippen LogP contribution in [0.5, 0.6) is 0 Å². The van der Waals surface area contributed by atoms with Crippen LogP contribution in [0.15, 0.2) is 78.4 Å². The number of amides is 2. The first kappa shape index (κ1) is 17.4. The number of nitrogens with zero attached hydrogens (tertiary/aromatic N) is 2. The van der Waals surface area contributed by atoms with Gasteiger partial charge in [-0.3, -0.25) is 14.5 Å². The Morgan fingerprint density at radius 3 is 2.52 bits per heavy atom. The summed E-state index contributed by atoms with van der Waals surface area (Å²) in [5.41, 5.74) is 3.24. The van der Waals surface area contributed by atoms with E-state index < -0.39 is 0 Å². The van der Waals surface area contributed by atoms with Gasteiger partial charge in [0.25, 0.3) is 11.1 Å². The Hall–Kier alpha value is -3.05. The molecule has 134 valence electrons. The van der Waals surface area contributed by atoms with Crippen LogP contribution in [0.25, 0.3) is 17.0 Å². The molecule has 0 bridgehead atoms. The molecule has 0 spiro atoms. The molecule has 0 saturated carbocycles. The van der Waals surface area contributed by atoms with Gasteiger partial charge in [-0.25, -0.2) is 0 Å². The highest BCUT2D eigenvalue weighted by Gasteiger charge is 2.34. The zero-order valence-corrected chi connectivity index (χ0v) is 15.5. The quantitative estimate of drug-likeness (QED) is 0.471. The molecule has 0 unspecified atom stereocenters. The molecule has 3 aromatic rings. The predicted octanol–water partition coefficient (Wildman–Crippen LogP) is 4.91. The molecular formula is C22H18N2O2S. The number of thioether (sulfide) groups is 1. The molecule has 4 rings (SSSR count). The molecule has 4 nitrogen and oxygen atoms in total. The number of aromatic nitrogens is 1. The Labute approximate surface area is 161 Å². The van der Waals surface area contributed by atoms with Crippen molar-refractivity contribution in [2.45, 2.75) is 6.54 Å². The summed E-state index contributed by atoms with van der Waals surface area (Å²) in [6.45, 7) is 4.59. The average Bonchev–Trinajstić information content (AvgIpc) is 3.16. The number of carbonyl (C=O) groups excluding carboxylic acids is 2. The van der Waals surface area contributed by atoms with Crippen LogP contribution in [0.1, 0.15) is 11.1 Å². The van der Waals surface area contributed by atoms with E-state index in [4.69, 9.17) is 0 Å². The van der Waals surface area contributed by atoms with Crippen molar-refractivity contribution in [3.63, 3.8) is 0 Å². The van der Waals surface area contributed by atoms with Gasteiger partial charge in [0.05, 0.1) is 4.91 Å². The standard InChI is InChI=1S/C22H18N2O2S/c1-2-12-24-21(25)20(27-22(24)26)13-17-15-23(14-16-8-4-3-5-9-16)19-11-7-6-10-18(17)19/h2-11,13,15H,1,12,14H2/b20-13+. The second-order valence-corrected chi connectivity index (χ2v) is 7.29. The number of hydrogen-bond acceptors (Lipinski definition) is 3. The Bertz CT molecular complexity index is 1070. The van der Waals surface area contributed by atoms with Crippen LogP contribution in [0.4, 0.5) is 4.79 Å². The van der Waals surface area contributed by atoms with Crippen molar-refractivity contribution >= 4 is 39.9 Å². The lowest BCUT2D eigenvalue weighted by Gasteiger charge is -2.07. The molecule has 2 heterocycles. The fourth-order valence-electron chi connectivity index (χ4n) is 3.23. The lowest BCUT2D eigenvalue weighted by Crippen LogP contribution is -2.27. The first-order valence-electron chi connectivity index (χ1n) is 8.65. The molecule has 2 aromatic carbocycles. The third kappa shape index (κ3) is 3.34. The van der Waals surface area contributed by atoms with E-state index >= 15 is 0 Å². The van der Waals surface area contributed by atoms with Crippen LogP contribution in [0.2, 0.25) is 0 Å². The van der Waals surface area contributed by atoms with Crippen LogP contribution < -0.4 is 0 Å². The maximum absolute atomic E-state index is 12.5. The molecule has 0 N–H and O–H groups in total. The topological polar surface area (TPSA) is 42.3 Å². The van der Waals surface area contributed by atoms with Crippen molar-refractivity contribution in [2.75, 3.05) is 6.54 Å². The Kier molecular flexibility index (Phi) is 4.69. The van der Waals surface area contributed by atoms with Crippen LogP contribution in [-0.4, -0.2) is 27.2 Å². The fourth-order valence-corrected chi connectivity index (χ4v) is 4.07. The van der Waals surface area contributed by atoms with Crippen molar-refractivity contribution in [1.29, 1.82) is 0 Å². The van der Waals surface area contributed by atoms with Gasteiger partial charge in [0.15, 0.2) is 0 Å². The molecule has 1 fully saturated rings. The highest BCUT2D eigenvalue weighted by atomic mass is 32.2.